The summed E-state index contributed by atoms with van der Waals surface area (Å²) in [6, 6.07) is -0.913. The lowest BCUT2D eigenvalue weighted by Crippen LogP contribution is -2.45. The van der Waals surface area contributed by atoms with Crippen molar-refractivity contribution in [1.82, 2.24) is 5.32 Å². The molecule has 0 bridgehead atoms. The maximum atomic E-state index is 11.5. The van der Waals surface area contributed by atoms with Crippen molar-refractivity contribution in [1.29, 1.82) is 0 Å². The van der Waals surface area contributed by atoms with Gasteiger partial charge in [0.2, 0.25) is 0 Å². The third-order valence-electron chi connectivity index (χ3n) is 1.72. The van der Waals surface area contributed by atoms with Crippen molar-refractivity contribution < 1.29 is 19.4 Å². The maximum Gasteiger partial charge on any atom is 0.408 e. The highest BCUT2D eigenvalue weighted by Gasteiger charge is 2.23. The van der Waals surface area contributed by atoms with Gasteiger partial charge in [0.1, 0.15) is 11.6 Å². The number of carbonyl (C=O) groups excluding carboxylic acids is 1. The number of aliphatic carboxylic acids is 1. The second-order valence-corrected chi connectivity index (χ2v) is 6.54. The van der Waals surface area contributed by atoms with Gasteiger partial charge in [-0.2, -0.15) is 11.8 Å². The molecule has 0 heterocycles. The Morgan fingerprint density at radius 3 is 2.22 bits per heavy atom. The molecule has 106 valence electrons. The van der Waals surface area contributed by atoms with E-state index in [4.69, 9.17) is 9.84 Å². The van der Waals surface area contributed by atoms with Gasteiger partial charge in [-0.3, -0.25) is 0 Å². The first-order valence-corrected chi connectivity index (χ1v) is 7.07. The standard InChI is InChI=1S/C12H23NO4S/c1-8(2)6-18-7-9(10(14)15)13-11(16)17-12(3,4)5/h8-9H,6-7H2,1-5H3,(H,13,16)(H,14,15)/t9-/m0/s1. The van der Waals surface area contributed by atoms with Crippen molar-refractivity contribution in [3.05, 3.63) is 0 Å². The van der Waals surface area contributed by atoms with Crippen LogP contribution in [0.1, 0.15) is 34.6 Å². The number of carboxylic acids is 1. The summed E-state index contributed by atoms with van der Waals surface area (Å²) in [5, 5.41) is 11.4. The summed E-state index contributed by atoms with van der Waals surface area (Å²) < 4.78 is 5.02. The molecule has 0 aliphatic rings. The zero-order chi connectivity index (χ0) is 14.3. The lowest BCUT2D eigenvalue weighted by Gasteiger charge is -2.22. The molecule has 0 aliphatic carbocycles. The van der Waals surface area contributed by atoms with Crippen LogP contribution in [0.4, 0.5) is 4.79 Å². The van der Waals surface area contributed by atoms with Crippen LogP contribution in [0.25, 0.3) is 0 Å². The highest BCUT2D eigenvalue weighted by Crippen LogP contribution is 2.11. The third kappa shape index (κ3) is 9.15. The number of carboxylic acid groups (broad SMARTS) is 1. The van der Waals surface area contributed by atoms with Gasteiger partial charge in [0.25, 0.3) is 0 Å². The number of thioether (sulfide) groups is 1. The molecule has 0 rings (SSSR count). The molecule has 6 heteroatoms. The fourth-order valence-corrected chi connectivity index (χ4v) is 2.12. The van der Waals surface area contributed by atoms with E-state index in [2.05, 4.69) is 19.2 Å². The Morgan fingerprint density at radius 2 is 1.83 bits per heavy atom. The number of hydrogen-bond acceptors (Lipinski definition) is 4. The summed E-state index contributed by atoms with van der Waals surface area (Å²) in [6.07, 6.45) is -0.694. The summed E-state index contributed by atoms with van der Waals surface area (Å²) in [5.41, 5.74) is -0.627. The van der Waals surface area contributed by atoms with Crippen LogP contribution in [-0.4, -0.2) is 40.3 Å². The van der Waals surface area contributed by atoms with E-state index in [0.717, 1.165) is 5.75 Å². The number of nitrogens with one attached hydrogen (secondary N) is 1. The normalized spacial score (nSPS) is 13.2. The first kappa shape index (κ1) is 17.1. The molecule has 0 unspecified atom stereocenters. The second kappa shape index (κ2) is 7.51. The van der Waals surface area contributed by atoms with E-state index in [1.54, 1.807) is 20.8 Å². The molecule has 0 aromatic carbocycles. The molecule has 0 spiro atoms. The van der Waals surface area contributed by atoms with Gasteiger partial charge in [-0.05, 0) is 32.4 Å². The number of rotatable bonds is 6. The fourth-order valence-electron chi connectivity index (χ4n) is 1.05. The number of amides is 1. The van der Waals surface area contributed by atoms with Gasteiger partial charge >= 0.3 is 12.1 Å². The Labute approximate surface area is 113 Å². The van der Waals surface area contributed by atoms with E-state index in [1.165, 1.54) is 11.8 Å². The number of hydrogen-bond donors (Lipinski definition) is 2. The van der Waals surface area contributed by atoms with Crippen LogP contribution < -0.4 is 5.32 Å². The van der Waals surface area contributed by atoms with Crippen molar-refractivity contribution in [2.24, 2.45) is 5.92 Å². The van der Waals surface area contributed by atoms with Crippen molar-refractivity contribution in [3.8, 4) is 0 Å². The maximum absolute atomic E-state index is 11.5. The molecular weight excluding hydrogens is 254 g/mol. The summed E-state index contributed by atoms with van der Waals surface area (Å²) >= 11 is 1.51. The number of alkyl carbamates (subject to hydrolysis) is 1. The van der Waals surface area contributed by atoms with Gasteiger partial charge in [-0.15, -0.1) is 0 Å². The Balaban J connectivity index is 4.19. The summed E-state index contributed by atoms with van der Waals surface area (Å²) in [4.78, 5) is 22.5. The second-order valence-electron chi connectivity index (χ2n) is 5.47. The Morgan fingerprint density at radius 1 is 1.28 bits per heavy atom. The number of ether oxygens (including phenoxy) is 1. The average molecular weight is 277 g/mol. The lowest BCUT2D eigenvalue weighted by molar-refractivity contribution is -0.138. The fraction of sp³-hybridized carbons (Fsp3) is 0.833. The molecule has 2 N–H and O–H groups in total. The predicted octanol–water partition coefficient (Wildman–Crippen LogP) is 2.35. The predicted molar refractivity (Wildman–Crippen MR) is 73.0 cm³/mol. The van der Waals surface area contributed by atoms with Gasteiger partial charge in [0.05, 0.1) is 0 Å². The van der Waals surface area contributed by atoms with Crippen LogP contribution in [-0.2, 0) is 9.53 Å². The van der Waals surface area contributed by atoms with Gasteiger partial charge in [-0.25, -0.2) is 9.59 Å². The van der Waals surface area contributed by atoms with Crippen molar-refractivity contribution in [3.63, 3.8) is 0 Å². The van der Waals surface area contributed by atoms with Crippen molar-refractivity contribution in [2.75, 3.05) is 11.5 Å². The Kier molecular flexibility index (Phi) is 7.13. The van der Waals surface area contributed by atoms with E-state index in [1.807, 2.05) is 0 Å². The summed E-state index contributed by atoms with van der Waals surface area (Å²) in [5.74, 6) is 0.648. The van der Waals surface area contributed by atoms with Gasteiger partial charge in [0, 0.05) is 5.75 Å². The van der Waals surface area contributed by atoms with E-state index < -0.39 is 23.7 Å². The topological polar surface area (TPSA) is 75.6 Å². The minimum absolute atomic E-state index is 0.340. The smallest absolute Gasteiger partial charge is 0.408 e. The third-order valence-corrected chi connectivity index (χ3v) is 3.20. The average Bonchev–Trinajstić information content (AvgIpc) is 2.12. The van der Waals surface area contributed by atoms with Gasteiger partial charge in [0.15, 0.2) is 0 Å². The molecule has 0 aromatic rings. The molecule has 5 nitrogen and oxygen atoms in total. The SMILES string of the molecule is CC(C)CSC[C@H](NC(=O)OC(C)(C)C)C(=O)O. The van der Waals surface area contributed by atoms with Crippen LogP contribution in [0.2, 0.25) is 0 Å². The highest BCUT2D eigenvalue weighted by molar-refractivity contribution is 7.99. The minimum atomic E-state index is -1.04. The Hall–Kier alpha value is -0.910. The van der Waals surface area contributed by atoms with E-state index in [9.17, 15) is 9.59 Å². The lowest BCUT2D eigenvalue weighted by atomic mass is 10.2. The molecule has 0 saturated heterocycles. The molecular formula is C12H23NO4S. The van der Waals surface area contributed by atoms with Crippen LogP contribution in [0.3, 0.4) is 0 Å². The van der Waals surface area contributed by atoms with Crippen molar-refractivity contribution >= 4 is 23.8 Å². The summed E-state index contributed by atoms with van der Waals surface area (Å²) in [6.45, 7) is 9.32. The summed E-state index contributed by atoms with van der Waals surface area (Å²) in [7, 11) is 0. The van der Waals surface area contributed by atoms with Crippen LogP contribution in [0.15, 0.2) is 0 Å². The first-order chi connectivity index (χ1) is 8.11. The zero-order valence-electron chi connectivity index (χ0n) is 11.6. The molecule has 0 aliphatic heterocycles. The highest BCUT2D eigenvalue weighted by atomic mass is 32.2. The van der Waals surface area contributed by atoms with E-state index >= 15 is 0 Å². The molecule has 1 atom stereocenters. The molecule has 0 saturated carbocycles. The zero-order valence-corrected chi connectivity index (χ0v) is 12.5. The molecule has 18 heavy (non-hydrogen) atoms. The Bertz CT molecular complexity index is 286. The molecule has 0 radical (unpaired) electrons. The van der Waals surface area contributed by atoms with Crippen LogP contribution in [0, 0.1) is 5.92 Å². The monoisotopic (exact) mass is 277 g/mol. The van der Waals surface area contributed by atoms with Gasteiger partial charge < -0.3 is 15.2 Å². The van der Waals surface area contributed by atoms with Crippen LogP contribution >= 0.6 is 11.8 Å². The molecule has 1 amide bonds. The molecule has 0 aromatic heterocycles. The van der Waals surface area contributed by atoms with E-state index in [-0.39, 0.29) is 0 Å². The first-order valence-electron chi connectivity index (χ1n) is 5.92. The molecule has 0 fully saturated rings. The van der Waals surface area contributed by atoms with Gasteiger partial charge in [-0.1, -0.05) is 13.8 Å². The largest absolute Gasteiger partial charge is 0.480 e. The van der Waals surface area contributed by atoms with E-state index in [0.29, 0.717) is 11.7 Å². The number of carbonyl (C=O) groups is 2. The minimum Gasteiger partial charge on any atom is -0.480 e. The quantitative estimate of drug-likeness (QED) is 0.779. The van der Waals surface area contributed by atoms with Crippen LogP contribution in [0.5, 0.6) is 0 Å². The van der Waals surface area contributed by atoms with Crippen molar-refractivity contribution in [2.45, 2.75) is 46.3 Å².